The van der Waals surface area contributed by atoms with Gasteiger partial charge in [0.05, 0.1) is 17.5 Å². The fourth-order valence-corrected chi connectivity index (χ4v) is 4.31. The van der Waals surface area contributed by atoms with E-state index in [1.807, 2.05) is 6.92 Å². The van der Waals surface area contributed by atoms with E-state index >= 15 is 0 Å². The van der Waals surface area contributed by atoms with Crippen LogP contribution in [0.5, 0.6) is 5.88 Å². The van der Waals surface area contributed by atoms with Crippen LogP contribution in [0.25, 0.3) is 0 Å². The van der Waals surface area contributed by atoms with Gasteiger partial charge in [0.2, 0.25) is 5.88 Å². The number of carbonyl (C=O) groups is 2. The highest BCUT2D eigenvalue weighted by atomic mass is 16.3. The van der Waals surface area contributed by atoms with Crippen LogP contribution in [-0.2, 0) is 11.3 Å². The van der Waals surface area contributed by atoms with Gasteiger partial charge < -0.3 is 15.7 Å². The molecular formula is C22H29N7O5. The molecule has 0 bridgehead atoms. The molecule has 0 saturated carbocycles. The van der Waals surface area contributed by atoms with Crippen molar-refractivity contribution >= 4 is 17.8 Å². The summed E-state index contributed by atoms with van der Waals surface area (Å²) < 4.78 is 1.98. The lowest BCUT2D eigenvalue weighted by Crippen LogP contribution is -2.50. The summed E-state index contributed by atoms with van der Waals surface area (Å²) in [5.41, 5.74) is 1.22. The maximum absolute atomic E-state index is 13.1. The molecule has 3 amide bonds. The Kier molecular flexibility index (Phi) is 6.42. The number of unbranched alkanes of at least 4 members (excludes halogenated alkanes) is 1. The highest BCUT2D eigenvalue weighted by molar-refractivity contribution is 6.06. The van der Waals surface area contributed by atoms with Crippen LogP contribution in [0, 0.1) is 22.2 Å². The van der Waals surface area contributed by atoms with E-state index in [0.717, 1.165) is 15.6 Å². The Morgan fingerprint density at radius 3 is 2.50 bits per heavy atom. The fourth-order valence-electron chi connectivity index (χ4n) is 4.31. The zero-order chi connectivity index (χ0) is 25.4. The third-order valence-corrected chi connectivity index (χ3v) is 6.57. The summed E-state index contributed by atoms with van der Waals surface area (Å²) in [5.74, 6) is -1.74. The summed E-state index contributed by atoms with van der Waals surface area (Å²) in [6.07, 6.45) is 4.80. The van der Waals surface area contributed by atoms with Crippen molar-refractivity contribution in [3.8, 4) is 11.9 Å². The molecule has 0 radical (unpaired) electrons. The van der Waals surface area contributed by atoms with Crippen molar-refractivity contribution in [3.05, 3.63) is 38.6 Å². The second-order valence-electron chi connectivity index (χ2n) is 9.21. The zero-order valence-electron chi connectivity index (χ0n) is 19.4. The van der Waals surface area contributed by atoms with Gasteiger partial charge in [0.25, 0.3) is 11.5 Å². The van der Waals surface area contributed by atoms with Crippen molar-refractivity contribution < 1.29 is 14.7 Å². The molecule has 1 aliphatic carbocycles. The van der Waals surface area contributed by atoms with E-state index < -0.39 is 57.5 Å². The Balaban J connectivity index is 2.02. The molecule has 2 heterocycles. The Hall–Kier alpha value is -3.88. The minimum atomic E-state index is -1.12. The summed E-state index contributed by atoms with van der Waals surface area (Å²) in [6, 6.07) is 0.888. The molecule has 0 spiro atoms. The quantitative estimate of drug-likeness (QED) is 0.193. The largest absolute Gasteiger partial charge is 0.494 e. The Bertz CT molecular complexity index is 1240. The molecule has 12 nitrogen and oxygen atoms in total. The minimum Gasteiger partial charge on any atom is -0.494 e. The SMILES string of the molecule is CCCCn1c(O)c(C(=N)N)c(=O)n(C2C=CC(C#N)(CN3C(=O)NC(=O)C3(C)C)CC2)c1=O. The van der Waals surface area contributed by atoms with Crippen LogP contribution in [0.4, 0.5) is 4.79 Å². The number of nitrogens with two attached hydrogens (primary N) is 1. The molecule has 1 aromatic rings. The van der Waals surface area contributed by atoms with Crippen LogP contribution in [0.1, 0.15) is 58.1 Å². The van der Waals surface area contributed by atoms with Gasteiger partial charge in [-0.25, -0.2) is 9.59 Å². The molecule has 1 aromatic heterocycles. The van der Waals surface area contributed by atoms with Crippen molar-refractivity contribution in [2.75, 3.05) is 6.54 Å². The molecule has 0 aromatic carbocycles. The van der Waals surface area contributed by atoms with E-state index in [1.54, 1.807) is 26.0 Å². The van der Waals surface area contributed by atoms with Gasteiger partial charge in [-0.1, -0.05) is 25.5 Å². The van der Waals surface area contributed by atoms with Gasteiger partial charge in [-0.05, 0) is 33.1 Å². The van der Waals surface area contributed by atoms with Crippen LogP contribution in [0.2, 0.25) is 0 Å². The number of aromatic hydroxyl groups is 1. The maximum Gasteiger partial charge on any atom is 0.334 e. The predicted octanol–water partition coefficient (Wildman–Crippen LogP) is 0.531. The average Bonchev–Trinajstić information content (AvgIpc) is 2.96. The summed E-state index contributed by atoms with van der Waals surface area (Å²) in [5, 5.41) is 30.3. The molecule has 3 rings (SSSR count). The van der Waals surface area contributed by atoms with Gasteiger partial charge >= 0.3 is 11.7 Å². The molecule has 182 valence electrons. The molecular weight excluding hydrogens is 442 g/mol. The first kappa shape index (κ1) is 24.8. The topological polar surface area (TPSA) is 187 Å². The smallest absolute Gasteiger partial charge is 0.334 e. The van der Waals surface area contributed by atoms with E-state index in [0.29, 0.717) is 6.42 Å². The molecule has 1 fully saturated rings. The number of rotatable bonds is 7. The number of imide groups is 1. The zero-order valence-corrected chi connectivity index (χ0v) is 19.4. The summed E-state index contributed by atoms with van der Waals surface area (Å²) in [7, 11) is 0. The maximum atomic E-state index is 13.1. The van der Waals surface area contributed by atoms with Gasteiger partial charge in [-0.2, -0.15) is 5.26 Å². The third-order valence-electron chi connectivity index (χ3n) is 6.57. The van der Waals surface area contributed by atoms with Crippen LogP contribution in [-0.4, -0.2) is 49.0 Å². The van der Waals surface area contributed by atoms with E-state index in [9.17, 15) is 29.5 Å². The molecule has 5 N–H and O–H groups in total. The fraction of sp³-hybridized carbons (Fsp3) is 0.545. The van der Waals surface area contributed by atoms with Crippen LogP contribution >= 0.6 is 0 Å². The van der Waals surface area contributed by atoms with Crippen LogP contribution in [0.3, 0.4) is 0 Å². The minimum absolute atomic E-state index is 0.0405. The van der Waals surface area contributed by atoms with E-state index in [4.69, 9.17) is 11.1 Å². The van der Waals surface area contributed by atoms with Crippen molar-refractivity contribution in [1.29, 1.82) is 10.7 Å². The number of nitrogen functional groups attached to an aromatic ring is 1. The second kappa shape index (κ2) is 8.81. The van der Waals surface area contributed by atoms with Crippen molar-refractivity contribution in [2.45, 2.75) is 64.6 Å². The highest BCUT2D eigenvalue weighted by Crippen LogP contribution is 2.37. The van der Waals surface area contributed by atoms with E-state index in [1.165, 1.54) is 4.90 Å². The van der Waals surface area contributed by atoms with Crippen molar-refractivity contribution in [3.63, 3.8) is 0 Å². The summed E-state index contributed by atoms with van der Waals surface area (Å²) in [4.78, 5) is 51.8. The monoisotopic (exact) mass is 471 g/mol. The number of amides is 3. The Labute approximate surface area is 195 Å². The number of nitrogens with one attached hydrogen (secondary N) is 2. The third kappa shape index (κ3) is 3.98. The number of hydrogen-bond donors (Lipinski definition) is 4. The van der Waals surface area contributed by atoms with E-state index in [-0.39, 0.29) is 25.9 Å². The number of amidine groups is 1. The molecule has 12 heteroatoms. The van der Waals surface area contributed by atoms with Gasteiger partial charge in [-0.15, -0.1) is 0 Å². The number of nitrogens with zero attached hydrogens (tertiary/aromatic N) is 4. The van der Waals surface area contributed by atoms with Crippen LogP contribution < -0.4 is 22.3 Å². The van der Waals surface area contributed by atoms with Crippen molar-refractivity contribution in [2.24, 2.45) is 11.1 Å². The number of aromatic nitrogens is 2. The molecule has 1 saturated heterocycles. The predicted molar refractivity (Wildman–Crippen MR) is 122 cm³/mol. The molecule has 2 atom stereocenters. The van der Waals surface area contributed by atoms with Crippen molar-refractivity contribution in [1.82, 2.24) is 19.4 Å². The lowest BCUT2D eigenvalue weighted by molar-refractivity contribution is -0.125. The van der Waals surface area contributed by atoms with Gasteiger partial charge in [0.15, 0.2) is 0 Å². The highest BCUT2D eigenvalue weighted by Gasteiger charge is 2.49. The van der Waals surface area contributed by atoms with Gasteiger partial charge in [-0.3, -0.25) is 29.4 Å². The number of urea groups is 1. The van der Waals surface area contributed by atoms with Crippen LogP contribution in [0.15, 0.2) is 21.7 Å². The molecule has 2 aliphatic rings. The molecule has 2 unspecified atom stereocenters. The number of carbonyl (C=O) groups excluding carboxylic acids is 2. The Morgan fingerprint density at radius 1 is 1.35 bits per heavy atom. The summed E-state index contributed by atoms with van der Waals surface area (Å²) >= 11 is 0. The first-order valence-corrected chi connectivity index (χ1v) is 11.1. The Morgan fingerprint density at radius 2 is 2.03 bits per heavy atom. The lowest BCUT2D eigenvalue weighted by Gasteiger charge is -2.37. The number of nitriles is 1. The molecule has 1 aliphatic heterocycles. The first-order valence-electron chi connectivity index (χ1n) is 11.1. The normalized spacial score (nSPS) is 23.6. The summed E-state index contributed by atoms with van der Waals surface area (Å²) in [6.45, 7) is 5.19. The van der Waals surface area contributed by atoms with Gasteiger partial charge in [0, 0.05) is 13.1 Å². The number of hydrogen-bond acceptors (Lipinski definition) is 7. The second-order valence-corrected chi connectivity index (χ2v) is 9.21. The standard InChI is InChI=1S/C22H29N7O5/c1-4-5-10-27-16(30)14(15(24)25)17(31)29(20(27)34)13-6-8-22(11-23,9-7-13)12-28-19(33)26-18(32)21(28,2)3/h6,8,13,30H,4-5,7,9-10,12H2,1-3H3,(H3,24,25)(H,26,32,33). The molecule has 34 heavy (non-hydrogen) atoms. The van der Waals surface area contributed by atoms with E-state index in [2.05, 4.69) is 11.4 Å². The van der Waals surface area contributed by atoms with Gasteiger partial charge in [0.1, 0.15) is 16.9 Å². The lowest BCUT2D eigenvalue weighted by atomic mass is 9.77. The average molecular weight is 472 g/mol. The number of allylic oxidation sites excluding steroid dienone is 1. The first-order chi connectivity index (χ1) is 15.9.